The van der Waals surface area contributed by atoms with Crippen LogP contribution in [0.3, 0.4) is 0 Å². The molecular weight excluding hydrogens is 202 g/mol. The van der Waals surface area contributed by atoms with E-state index in [9.17, 15) is 9.90 Å². The number of hydrogen-bond acceptors (Lipinski definition) is 2. The van der Waals surface area contributed by atoms with Gasteiger partial charge in [0, 0.05) is 17.3 Å². The van der Waals surface area contributed by atoms with E-state index in [1.807, 2.05) is 6.92 Å². The molecule has 1 aromatic carbocycles. The Kier molecular flexibility index (Phi) is 3.77. The minimum absolute atomic E-state index is 0.419. The second-order valence-electron chi connectivity index (χ2n) is 2.90. The normalized spacial score (nSPS) is 9.86. The summed E-state index contributed by atoms with van der Waals surface area (Å²) in [6.07, 6.45) is -0.463. The molecule has 0 fully saturated rings. The third kappa shape index (κ3) is 2.64. The Bertz CT molecular complexity index is 328. The Morgan fingerprint density at radius 2 is 2.29 bits per heavy atom. The van der Waals surface area contributed by atoms with Crippen molar-refractivity contribution in [3.05, 3.63) is 29.3 Å². The molecule has 0 unspecified atom stereocenters. The van der Waals surface area contributed by atoms with E-state index in [0.717, 1.165) is 6.42 Å². The Labute approximate surface area is 87.9 Å². The lowest BCUT2D eigenvalue weighted by molar-refractivity contribution is -0.246. The minimum Gasteiger partial charge on any atom is -0.530 e. The standard InChI is InChI=1S/C10H12ClNO2/c1-2-6-12(10(13)14)9-5-3-4-8(11)7-9/h3-5,7H,2,6H2,1H3,(H,13,14)/p-1. The largest absolute Gasteiger partial charge is 0.530 e. The molecule has 0 saturated heterocycles. The highest BCUT2D eigenvalue weighted by Crippen LogP contribution is 2.19. The molecule has 0 aliphatic heterocycles. The fourth-order valence-electron chi connectivity index (χ4n) is 1.19. The second-order valence-corrected chi connectivity index (χ2v) is 3.33. The second kappa shape index (κ2) is 4.86. The zero-order valence-electron chi connectivity index (χ0n) is 7.87. The number of carboxylic acid groups (broad SMARTS) is 1. The van der Waals surface area contributed by atoms with Gasteiger partial charge in [-0.2, -0.15) is 0 Å². The maximum absolute atomic E-state index is 10.8. The van der Waals surface area contributed by atoms with Crippen LogP contribution in [0.15, 0.2) is 24.3 Å². The summed E-state index contributed by atoms with van der Waals surface area (Å²) in [5, 5.41) is 11.3. The Hall–Kier alpha value is -1.22. The van der Waals surface area contributed by atoms with Gasteiger partial charge in [0.05, 0.1) is 0 Å². The number of anilines is 1. The van der Waals surface area contributed by atoms with E-state index >= 15 is 0 Å². The van der Waals surface area contributed by atoms with Crippen molar-refractivity contribution in [3.63, 3.8) is 0 Å². The molecule has 3 nitrogen and oxygen atoms in total. The number of amides is 1. The molecule has 4 heteroatoms. The predicted octanol–water partition coefficient (Wildman–Crippen LogP) is 1.90. The van der Waals surface area contributed by atoms with Gasteiger partial charge in [-0.1, -0.05) is 24.6 Å². The lowest BCUT2D eigenvalue weighted by Crippen LogP contribution is -2.41. The van der Waals surface area contributed by atoms with Crippen LogP contribution in [0.5, 0.6) is 0 Å². The number of rotatable bonds is 3. The first kappa shape index (κ1) is 10.9. The zero-order valence-corrected chi connectivity index (χ0v) is 8.62. The quantitative estimate of drug-likeness (QED) is 0.768. The molecule has 1 rings (SSSR count). The third-order valence-electron chi connectivity index (χ3n) is 1.79. The van der Waals surface area contributed by atoms with Crippen LogP contribution in [0.25, 0.3) is 0 Å². The van der Waals surface area contributed by atoms with Crippen molar-refractivity contribution in [3.8, 4) is 0 Å². The van der Waals surface area contributed by atoms with Crippen molar-refractivity contribution in [2.24, 2.45) is 0 Å². The molecule has 0 saturated carbocycles. The molecule has 0 aliphatic carbocycles. The summed E-state index contributed by atoms with van der Waals surface area (Å²) in [5.74, 6) is 0. The Morgan fingerprint density at radius 1 is 1.57 bits per heavy atom. The average molecular weight is 213 g/mol. The molecule has 0 heterocycles. The van der Waals surface area contributed by atoms with Crippen LogP contribution in [0.4, 0.5) is 10.5 Å². The van der Waals surface area contributed by atoms with Crippen molar-refractivity contribution in [2.45, 2.75) is 13.3 Å². The predicted molar refractivity (Wildman–Crippen MR) is 54.5 cm³/mol. The van der Waals surface area contributed by atoms with E-state index in [2.05, 4.69) is 0 Å². The molecule has 76 valence electrons. The average Bonchev–Trinajstić information content (AvgIpc) is 2.13. The first-order valence-electron chi connectivity index (χ1n) is 4.39. The van der Waals surface area contributed by atoms with Gasteiger partial charge >= 0.3 is 0 Å². The molecule has 14 heavy (non-hydrogen) atoms. The van der Waals surface area contributed by atoms with Crippen LogP contribution in [-0.4, -0.2) is 12.6 Å². The van der Waals surface area contributed by atoms with Gasteiger partial charge in [0.15, 0.2) is 0 Å². The Balaban J connectivity index is 2.93. The van der Waals surface area contributed by atoms with Crippen molar-refractivity contribution in [1.29, 1.82) is 0 Å². The van der Waals surface area contributed by atoms with E-state index in [1.54, 1.807) is 24.3 Å². The van der Waals surface area contributed by atoms with E-state index in [1.165, 1.54) is 4.90 Å². The first-order chi connectivity index (χ1) is 6.65. The molecule has 1 amide bonds. The topological polar surface area (TPSA) is 43.4 Å². The van der Waals surface area contributed by atoms with Gasteiger partial charge < -0.3 is 14.8 Å². The highest BCUT2D eigenvalue weighted by molar-refractivity contribution is 6.30. The summed E-state index contributed by atoms with van der Waals surface area (Å²) in [5.41, 5.74) is 0.555. The van der Waals surface area contributed by atoms with Crippen LogP contribution < -0.4 is 10.0 Å². The maximum atomic E-state index is 10.8. The number of hydrogen-bond donors (Lipinski definition) is 0. The molecular formula is C10H11ClNO2-. The van der Waals surface area contributed by atoms with Gasteiger partial charge in [0.2, 0.25) is 0 Å². The maximum Gasteiger partial charge on any atom is 0.141 e. The summed E-state index contributed by atoms with van der Waals surface area (Å²) in [6, 6.07) is 6.71. The smallest absolute Gasteiger partial charge is 0.141 e. The molecule has 0 aromatic heterocycles. The fourth-order valence-corrected chi connectivity index (χ4v) is 1.38. The van der Waals surface area contributed by atoms with E-state index < -0.39 is 6.09 Å². The summed E-state index contributed by atoms with van der Waals surface area (Å²) in [7, 11) is 0. The van der Waals surface area contributed by atoms with Gasteiger partial charge in [-0.25, -0.2) is 0 Å². The summed E-state index contributed by atoms with van der Waals surface area (Å²) >= 11 is 5.75. The van der Waals surface area contributed by atoms with Gasteiger partial charge in [-0.15, -0.1) is 0 Å². The Morgan fingerprint density at radius 3 is 2.79 bits per heavy atom. The van der Waals surface area contributed by atoms with Crippen molar-refractivity contribution in [2.75, 3.05) is 11.4 Å². The number of benzene rings is 1. The first-order valence-corrected chi connectivity index (χ1v) is 4.77. The van der Waals surface area contributed by atoms with Crippen molar-refractivity contribution in [1.82, 2.24) is 0 Å². The number of carbonyl (C=O) groups excluding carboxylic acids is 1. The van der Waals surface area contributed by atoms with Crippen LogP contribution in [0, 0.1) is 0 Å². The number of halogens is 1. The number of nitrogens with zero attached hydrogens (tertiary/aromatic N) is 1. The molecule has 0 bridgehead atoms. The van der Waals surface area contributed by atoms with Crippen LogP contribution in [-0.2, 0) is 0 Å². The summed E-state index contributed by atoms with van der Waals surface area (Å²) in [6.45, 7) is 2.32. The highest BCUT2D eigenvalue weighted by Gasteiger charge is 2.05. The zero-order chi connectivity index (χ0) is 10.6. The SMILES string of the molecule is CCCN(C(=O)[O-])c1cccc(Cl)c1. The minimum atomic E-state index is -1.20. The third-order valence-corrected chi connectivity index (χ3v) is 2.02. The van der Waals surface area contributed by atoms with E-state index in [0.29, 0.717) is 17.3 Å². The van der Waals surface area contributed by atoms with Crippen molar-refractivity contribution < 1.29 is 9.90 Å². The van der Waals surface area contributed by atoms with E-state index in [4.69, 9.17) is 11.6 Å². The molecule has 0 aliphatic rings. The van der Waals surface area contributed by atoms with Gasteiger partial charge in [0.25, 0.3) is 0 Å². The van der Waals surface area contributed by atoms with Gasteiger partial charge in [-0.3, -0.25) is 0 Å². The molecule has 0 atom stereocenters. The van der Waals surface area contributed by atoms with E-state index in [-0.39, 0.29) is 0 Å². The molecule has 0 radical (unpaired) electrons. The molecule has 1 aromatic rings. The van der Waals surface area contributed by atoms with Crippen LogP contribution in [0.2, 0.25) is 5.02 Å². The monoisotopic (exact) mass is 212 g/mol. The fraction of sp³-hybridized carbons (Fsp3) is 0.300. The highest BCUT2D eigenvalue weighted by atomic mass is 35.5. The summed E-state index contributed by atoms with van der Waals surface area (Å²) in [4.78, 5) is 11.9. The summed E-state index contributed by atoms with van der Waals surface area (Å²) < 4.78 is 0. The molecule has 0 spiro atoms. The lowest BCUT2D eigenvalue weighted by atomic mass is 10.3. The molecule has 0 N–H and O–H groups in total. The van der Waals surface area contributed by atoms with Gasteiger partial charge in [-0.05, 0) is 24.6 Å². The lowest BCUT2D eigenvalue weighted by Gasteiger charge is -2.24. The van der Waals surface area contributed by atoms with Crippen molar-refractivity contribution >= 4 is 23.4 Å². The van der Waals surface area contributed by atoms with Crippen LogP contribution >= 0.6 is 11.6 Å². The number of carbonyl (C=O) groups is 1. The van der Waals surface area contributed by atoms with Crippen LogP contribution in [0.1, 0.15) is 13.3 Å². The van der Waals surface area contributed by atoms with Gasteiger partial charge in [0.1, 0.15) is 6.09 Å².